The Hall–Kier alpha value is -0.580. The number of rotatable bonds is 8. The van der Waals surface area contributed by atoms with Crippen LogP contribution >= 0.6 is 22.6 Å². The molecule has 0 atom stereocenters. The van der Waals surface area contributed by atoms with E-state index in [0.717, 1.165) is 12.1 Å². The maximum Gasteiger partial charge on any atom is 0.224 e. The van der Waals surface area contributed by atoms with Crippen molar-refractivity contribution >= 4 is 34.2 Å². The van der Waals surface area contributed by atoms with Crippen LogP contribution in [0.2, 0.25) is 0 Å². The Morgan fingerprint density at radius 2 is 1.67 bits per heavy atom. The summed E-state index contributed by atoms with van der Waals surface area (Å²) in [5, 5.41) is 2.93. The standard InChI is InChI=1S/C15H22INO/c1-2-3-4-5-6-7-8-15(18)17-14-11-9-13(16)10-12-14/h9-12H,2-8H2,1H3,(H,17,18). The molecule has 0 aromatic heterocycles. The Kier molecular flexibility index (Phi) is 8.05. The van der Waals surface area contributed by atoms with Gasteiger partial charge in [0.05, 0.1) is 0 Å². The minimum atomic E-state index is 0.131. The van der Waals surface area contributed by atoms with Crippen molar-refractivity contribution < 1.29 is 4.79 Å². The molecule has 2 nitrogen and oxygen atoms in total. The van der Waals surface area contributed by atoms with Crippen LogP contribution < -0.4 is 5.32 Å². The average molecular weight is 359 g/mol. The fourth-order valence-corrected chi connectivity index (χ4v) is 2.18. The summed E-state index contributed by atoms with van der Waals surface area (Å²) < 4.78 is 1.18. The Morgan fingerprint density at radius 3 is 2.33 bits per heavy atom. The molecular weight excluding hydrogens is 337 g/mol. The molecule has 0 heterocycles. The first-order valence-corrected chi connectivity index (χ1v) is 7.85. The van der Waals surface area contributed by atoms with E-state index in [1.165, 1.54) is 35.7 Å². The molecule has 1 amide bonds. The van der Waals surface area contributed by atoms with Gasteiger partial charge in [-0.3, -0.25) is 4.79 Å². The number of amides is 1. The van der Waals surface area contributed by atoms with Gasteiger partial charge in [-0.2, -0.15) is 0 Å². The highest BCUT2D eigenvalue weighted by Gasteiger charge is 2.01. The van der Waals surface area contributed by atoms with Crippen LogP contribution in [0.25, 0.3) is 0 Å². The molecule has 1 aromatic rings. The zero-order chi connectivity index (χ0) is 13.2. The summed E-state index contributed by atoms with van der Waals surface area (Å²) in [5.41, 5.74) is 0.895. The number of nitrogens with one attached hydrogen (secondary N) is 1. The van der Waals surface area contributed by atoms with E-state index >= 15 is 0 Å². The summed E-state index contributed by atoms with van der Waals surface area (Å²) in [5.74, 6) is 0.131. The van der Waals surface area contributed by atoms with Crippen LogP contribution in [0.3, 0.4) is 0 Å². The largest absolute Gasteiger partial charge is 0.326 e. The van der Waals surface area contributed by atoms with Crippen LogP contribution in [-0.2, 0) is 4.79 Å². The van der Waals surface area contributed by atoms with Crippen LogP contribution in [0.4, 0.5) is 5.69 Å². The third-order valence-corrected chi connectivity index (χ3v) is 3.60. The lowest BCUT2D eigenvalue weighted by atomic mass is 10.1. The maximum absolute atomic E-state index is 11.7. The number of carbonyl (C=O) groups excluding carboxylic acids is 1. The SMILES string of the molecule is CCCCCCCCC(=O)Nc1ccc(I)cc1. The van der Waals surface area contributed by atoms with Crippen molar-refractivity contribution in [1.82, 2.24) is 0 Å². The Morgan fingerprint density at radius 1 is 1.06 bits per heavy atom. The van der Waals surface area contributed by atoms with Crippen molar-refractivity contribution in [2.75, 3.05) is 5.32 Å². The highest BCUT2D eigenvalue weighted by molar-refractivity contribution is 14.1. The maximum atomic E-state index is 11.7. The van der Waals surface area contributed by atoms with E-state index in [1.807, 2.05) is 24.3 Å². The first-order valence-electron chi connectivity index (χ1n) is 6.78. The van der Waals surface area contributed by atoms with E-state index in [2.05, 4.69) is 34.8 Å². The van der Waals surface area contributed by atoms with Crippen molar-refractivity contribution in [3.63, 3.8) is 0 Å². The van der Waals surface area contributed by atoms with Crippen LogP contribution in [0.15, 0.2) is 24.3 Å². The highest BCUT2D eigenvalue weighted by Crippen LogP contribution is 2.12. The number of hydrogen-bond acceptors (Lipinski definition) is 1. The second kappa shape index (κ2) is 9.36. The molecular formula is C15H22INO. The zero-order valence-electron chi connectivity index (χ0n) is 11.0. The fraction of sp³-hybridized carbons (Fsp3) is 0.533. The van der Waals surface area contributed by atoms with Gasteiger partial charge in [-0.05, 0) is 53.3 Å². The lowest BCUT2D eigenvalue weighted by Gasteiger charge is -2.05. The normalized spacial score (nSPS) is 10.3. The quantitative estimate of drug-likeness (QED) is 0.515. The van der Waals surface area contributed by atoms with Gasteiger partial charge in [0.25, 0.3) is 0 Å². The molecule has 3 heteroatoms. The topological polar surface area (TPSA) is 29.1 Å². The zero-order valence-corrected chi connectivity index (χ0v) is 13.2. The van der Waals surface area contributed by atoms with Crippen molar-refractivity contribution in [3.8, 4) is 0 Å². The van der Waals surface area contributed by atoms with Gasteiger partial charge in [0.1, 0.15) is 0 Å². The molecule has 0 aliphatic carbocycles. The molecule has 0 spiro atoms. The van der Waals surface area contributed by atoms with Crippen LogP contribution in [-0.4, -0.2) is 5.91 Å². The minimum absolute atomic E-state index is 0.131. The minimum Gasteiger partial charge on any atom is -0.326 e. The van der Waals surface area contributed by atoms with Crippen LogP contribution in [0.5, 0.6) is 0 Å². The summed E-state index contributed by atoms with van der Waals surface area (Å²) >= 11 is 2.26. The van der Waals surface area contributed by atoms with E-state index in [4.69, 9.17) is 0 Å². The molecule has 0 bridgehead atoms. The van der Waals surface area contributed by atoms with Gasteiger partial charge >= 0.3 is 0 Å². The van der Waals surface area contributed by atoms with E-state index in [-0.39, 0.29) is 5.91 Å². The third-order valence-electron chi connectivity index (χ3n) is 2.89. The molecule has 0 aliphatic heterocycles. The summed E-state index contributed by atoms with van der Waals surface area (Å²) in [6.45, 7) is 2.22. The number of unbranched alkanes of at least 4 members (excludes halogenated alkanes) is 5. The van der Waals surface area contributed by atoms with Crippen LogP contribution in [0.1, 0.15) is 51.9 Å². The van der Waals surface area contributed by atoms with Gasteiger partial charge in [0, 0.05) is 15.7 Å². The summed E-state index contributed by atoms with van der Waals surface area (Å²) in [6.07, 6.45) is 7.94. The first-order chi connectivity index (χ1) is 8.72. The lowest BCUT2D eigenvalue weighted by Crippen LogP contribution is -2.10. The number of hydrogen-bond donors (Lipinski definition) is 1. The van der Waals surface area contributed by atoms with Crippen molar-refractivity contribution in [2.24, 2.45) is 0 Å². The van der Waals surface area contributed by atoms with Crippen molar-refractivity contribution in [3.05, 3.63) is 27.8 Å². The molecule has 0 aliphatic rings. The summed E-state index contributed by atoms with van der Waals surface area (Å²) in [7, 11) is 0. The molecule has 1 aromatic carbocycles. The monoisotopic (exact) mass is 359 g/mol. The number of halogens is 1. The smallest absolute Gasteiger partial charge is 0.224 e. The Bertz CT molecular complexity index is 348. The summed E-state index contributed by atoms with van der Waals surface area (Å²) in [6, 6.07) is 7.89. The Labute approximate surface area is 124 Å². The average Bonchev–Trinajstić information content (AvgIpc) is 2.36. The Balaban J connectivity index is 2.12. The van der Waals surface area contributed by atoms with Gasteiger partial charge in [-0.25, -0.2) is 0 Å². The van der Waals surface area contributed by atoms with Gasteiger partial charge in [-0.1, -0.05) is 39.0 Å². The number of carbonyl (C=O) groups is 1. The highest BCUT2D eigenvalue weighted by atomic mass is 127. The third kappa shape index (κ3) is 6.99. The van der Waals surface area contributed by atoms with E-state index < -0.39 is 0 Å². The van der Waals surface area contributed by atoms with E-state index in [0.29, 0.717) is 6.42 Å². The number of benzene rings is 1. The fourth-order valence-electron chi connectivity index (χ4n) is 1.82. The summed E-state index contributed by atoms with van der Waals surface area (Å²) in [4.78, 5) is 11.7. The van der Waals surface area contributed by atoms with Gasteiger partial charge in [0.15, 0.2) is 0 Å². The molecule has 0 radical (unpaired) electrons. The molecule has 0 fully saturated rings. The predicted octanol–water partition coefficient (Wildman–Crippen LogP) is 4.98. The van der Waals surface area contributed by atoms with Gasteiger partial charge in [0.2, 0.25) is 5.91 Å². The molecule has 0 saturated heterocycles. The molecule has 18 heavy (non-hydrogen) atoms. The van der Waals surface area contributed by atoms with Gasteiger partial charge < -0.3 is 5.32 Å². The lowest BCUT2D eigenvalue weighted by molar-refractivity contribution is -0.116. The molecule has 0 unspecified atom stereocenters. The predicted molar refractivity (Wildman–Crippen MR) is 85.8 cm³/mol. The second-order valence-corrected chi connectivity index (χ2v) is 5.82. The molecule has 1 N–H and O–H groups in total. The molecule has 100 valence electrons. The van der Waals surface area contributed by atoms with Crippen molar-refractivity contribution in [1.29, 1.82) is 0 Å². The second-order valence-electron chi connectivity index (χ2n) is 4.57. The van der Waals surface area contributed by atoms with E-state index in [1.54, 1.807) is 0 Å². The first kappa shape index (κ1) is 15.5. The number of anilines is 1. The van der Waals surface area contributed by atoms with E-state index in [9.17, 15) is 4.79 Å². The van der Waals surface area contributed by atoms with Crippen molar-refractivity contribution in [2.45, 2.75) is 51.9 Å². The molecule has 1 rings (SSSR count). The van der Waals surface area contributed by atoms with Gasteiger partial charge in [-0.15, -0.1) is 0 Å². The molecule has 0 saturated carbocycles. The van der Waals surface area contributed by atoms with Crippen LogP contribution in [0, 0.1) is 3.57 Å².